The highest BCUT2D eigenvalue weighted by Crippen LogP contribution is 2.29. The Balaban J connectivity index is 1.67. The van der Waals surface area contributed by atoms with Gasteiger partial charge in [-0.15, -0.1) is 10.2 Å². The normalized spacial score (nSPS) is 16.9. The predicted molar refractivity (Wildman–Crippen MR) is 119 cm³/mol. The molecule has 31 heavy (non-hydrogen) atoms. The number of halogens is 1. The molecule has 1 aromatic carbocycles. The summed E-state index contributed by atoms with van der Waals surface area (Å²) < 4.78 is 5.50. The van der Waals surface area contributed by atoms with E-state index in [1.165, 1.54) is 0 Å². The van der Waals surface area contributed by atoms with E-state index in [4.69, 9.17) is 16.6 Å². The van der Waals surface area contributed by atoms with Gasteiger partial charge in [0.1, 0.15) is 12.2 Å². The fourth-order valence-electron chi connectivity index (χ4n) is 4.28. The average molecular weight is 439 g/mol. The summed E-state index contributed by atoms with van der Waals surface area (Å²) in [5, 5.41) is 8.97. The molecule has 1 unspecified atom stereocenters. The molecule has 10 heteroatoms. The molecule has 1 aliphatic rings. The fourth-order valence-corrected chi connectivity index (χ4v) is 4.41. The molecule has 1 fully saturated rings. The van der Waals surface area contributed by atoms with E-state index in [-0.39, 0.29) is 11.5 Å². The lowest BCUT2D eigenvalue weighted by Gasteiger charge is -2.34. The second-order valence-corrected chi connectivity index (χ2v) is 8.25. The molecule has 5 rings (SSSR count). The summed E-state index contributed by atoms with van der Waals surface area (Å²) in [5.74, 6) is 1.77. The first-order valence-electron chi connectivity index (χ1n) is 10.4. The summed E-state index contributed by atoms with van der Waals surface area (Å²) in [7, 11) is 1.96. The second kappa shape index (κ2) is 7.81. The lowest BCUT2D eigenvalue weighted by atomic mass is 9.97. The number of nitrogens with zero attached hydrogens (tertiary/aromatic N) is 8. The first-order valence-corrected chi connectivity index (χ1v) is 10.8. The molecule has 1 atom stereocenters. The van der Waals surface area contributed by atoms with Crippen LogP contribution in [0.2, 0.25) is 5.02 Å². The monoisotopic (exact) mass is 438 g/mol. The van der Waals surface area contributed by atoms with Crippen LogP contribution in [-0.2, 0) is 13.6 Å². The van der Waals surface area contributed by atoms with E-state index < -0.39 is 0 Å². The van der Waals surface area contributed by atoms with Crippen molar-refractivity contribution < 1.29 is 0 Å². The number of imidazole rings is 1. The first kappa shape index (κ1) is 19.7. The van der Waals surface area contributed by atoms with Crippen molar-refractivity contribution in [1.29, 1.82) is 0 Å². The van der Waals surface area contributed by atoms with Gasteiger partial charge in [-0.3, -0.25) is 4.79 Å². The molecule has 0 saturated carbocycles. The number of fused-ring (bicyclic) bond motifs is 1. The van der Waals surface area contributed by atoms with Gasteiger partial charge in [0.15, 0.2) is 11.2 Å². The average Bonchev–Trinajstić information content (AvgIpc) is 3.40. The van der Waals surface area contributed by atoms with E-state index in [0.29, 0.717) is 40.9 Å². The van der Waals surface area contributed by atoms with Crippen molar-refractivity contribution in [3.05, 3.63) is 58.1 Å². The van der Waals surface area contributed by atoms with E-state index in [9.17, 15) is 4.79 Å². The van der Waals surface area contributed by atoms with E-state index in [2.05, 4.69) is 20.1 Å². The lowest BCUT2D eigenvalue weighted by Crippen LogP contribution is -2.39. The Morgan fingerprint density at radius 2 is 2.00 bits per heavy atom. The zero-order chi connectivity index (χ0) is 21.5. The van der Waals surface area contributed by atoms with Gasteiger partial charge in [-0.1, -0.05) is 11.6 Å². The van der Waals surface area contributed by atoms with Crippen molar-refractivity contribution in [3.63, 3.8) is 0 Å². The summed E-state index contributed by atoms with van der Waals surface area (Å²) in [6, 6.07) is 7.23. The van der Waals surface area contributed by atoms with Crippen molar-refractivity contribution in [2.45, 2.75) is 32.2 Å². The van der Waals surface area contributed by atoms with E-state index >= 15 is 0 Å². The van der Waals surface area contributed by atoms with Crippen molar-refractivity contribution >= 4 is 28.7 Å². The zero-order valence-corrected chi connectivity index (χ0v) is 18.2. The summed E-state index contributed by atoms with van der Waals surface area (Å²) >= 11 is 6.09. The maximum Gasteiger partial charge on any atom is 0.287 e. The number of aromatic nitrogens is 7. The van der Waals surface area contributed by atoms with Crippen LogP contribution in [0.25, 0.3) is 16.9 Å². The number of anilines is 1. The smallest absolute Gasteiger partial charge is 0.287 e. The van der Waals surface area contributed by atoms with Crippen LogP contribution in [0, 0.1) is 0 Å². The molecular weight excluding hydrogens is 416 g/mol. The van der Waals surface area contributed by atoms with Gasteiger partial charge in [-0.05, 0) is 44.0 Å². The van der Waals surface area contributed by atoms with Crippen molar-refractivity contribution in [2.24, 2.45) is 7.05 Å². The molecule has 1 saturated heterocycles. The van der Waals surface area contributed by atoms with Crippen LogP contribution < -0.4 is 10.5 Å². The fraction of sp³-hybridized carbons (Fsp3) is 0.381. The van der Waals surface area contributed by atoms with Crippen molar-refractivity contribution in [2.75, 3.05) is 18.0 Å². The Morgan fingerprint density at radius 1 is 1.19 bits per heavy atom. The Labute approximate surface area is 183 Å². The van der Waals surface area contributed by atoms with Gasteiger partial charge in [0.25, 0.3) is 5.56 Å². The number of benzene rings is 1. The minimum Gasteiger partial charge on any atom is -0.341 e. The molecule has 3 aromatic heterocycles. The Kier molecular flexibility index (Phi) is 4.97. The van der Waals surface area contributed by atoms with Gasteiger partial charge in [-0.25, -0.2) is 9.55 Å². The van der Waals surface area contributed by atoms with Gasteiger partial charge < -0.3 is 14.0 Å². The van der Waals surface area contributed by atoms with Crippen LogP contribution >= 0.6 is 11.6 Å². The van der Waals surface area contributed by atoms with Crippen LogP contribution in [0.15, 0.2) is 41.7 Å². The highest BCUT2D eigenvalue weighted by molar-refractivity contribution is 6.30. The molecule has 0 spiro atoms. The van der Waals surface area contributed by atoms with E-state index in [0.717, 1.165) is 25.2 Å². The molecule has 160 valence electrons. The molecule has 4 heterocycles. The maximum atomic E-state index is 13.5. The molecule has 9 nitrogen and oxygen atoms in total. The van der Waals surface area contributed by atoms with E-state index in [1.54, 1.807) is 29.4 Å². The minimum atomic E-state index is -0.185. The summed E-state index contributed by atoms with van der Waals surface area (Å²) in [6.07, 6.45) is 5.39. The summed E-state index contributed by atoms with van der Waals surface area (Å²) in [6.45, 7) is 4.21. The molecule has 0 aliphatic carbocycles. The topological polar surface area (TPSA) is 86.7 Å². The molecule has 0 amide bonds. The largest absolute Gasteiger partial charge is 0.341 e. The first-order chi connectivity index (χ1) is 15.1. The van der Waals surface area contributed by atoms with Crippen LogP contribution in [0.3, 0.4) is 0 Å². The number of piperidine rings is 1. The molecule has 0 N–H and O–H groups in total. The highest BCUT2D eigenvalue weighted by atomic mass is 35.5. The van der Waals surface area contributed by atoms with Crippen molar-refractivity contribution in [1.82, 2.24) is 33.9 Å². The van der Waals surface area contributed by atoms with Crippen molar-refractivity contribution in [3.8, 4) is 5.69 Å². The minimum absolute atomic E-state index is 0.185. The molecule has 0 bridgehead atoms. The van der Waals surface area contributed by atoms with Crippen LogP contribution in [-0.4, -0.2) is 47.0 Å². The quantitative estimate of drug-likeness (QED) is 0.487. The van der Waals surface area contributed by atoms with Gasteiger partial charge in [0.2, 0.25) is 5.95 Å². The van der Waals surface area contributed by atoms with Crippen LogP contribution in [0.1, 0.15) is 31.5 Å². The third-order valence-electron chi connectivity index (χ3n) is 5.86. The molecule has 1 aliphatic heterocycles. The van der Waals surface area contributed by atoms with Gasteiger partial charge in [-0.2, -0.15) is 4.98 Å². The predicted octanol–water partition coefficient (Wildman–Crippen LogP) is 2.77. The number of aryl methyl sites for hydroxylation is 2. The SMILES string of the molecule is CCn1cnc2c(=O)n(-c3ccc(Cl)cc3)c(N3CCCC(c4nncn4C)C3)nc21. The van der Waals surface area contributed by atoms with Gasteiger partial charge >= 0.3 is 0 Å². The molecule has 0 radical (unpaired) electrons. The number of hydrogen-bond donors (Lipinski definition) is 0. The van der Waals surface area contributed by atoms with E-state index in [1.807, 2.05) is 35.2 Å². The third kappa shape index (κ3) is 3.38. The zero-order valence-electron chi connectivity index (χ0n) is 17.4. The summed E-state index contributed by atoms with van der Waals surface area (Å²) in [4.78, 5) is 25.0. The van der Waals surface area contributed by atoms with Gasteiger partial charge in [0, 0.05) is 37.6 Å². The third-order valence-corrected chi connectivity index (χ3v) is 6.11. The number of rotatable bonds is 4. The second-order valence-electron chi connectivity index (χ2n) is 7.82. The molecule has 4 aromatic rings. The Morgan fingerprint density at radius 3 is 2.71 bits per heavy atom. The van der Waals surface area contributed by atoms with Gasteiger partial charge in [0.05, 0.1) is 12.0 Å². The van der Waals surface area contributed by atoms with Crippen LogP contribution in [0.5, 0.6) is 0 Å². The lowest BCUT2D eigenvalue weighted by molar-refractivity contribution is 0.472. The Hall–Kier alpha value is -3.20. The summed E-state index contributed by atoms with van der Waals surface area (Å²) in [5.41, 5.74) is 1.50. The molecular formula is C21H23ClN8O. The maximum absolute atomic E-state index is 13.5. The van der Waals surface area contributed by atoms with Crippen LogP contribution in [0.4, 0.5) is 5.95 Å². The highest BCUT2D eigenvalue weighted by Gasteiger charge is 2.29. The number of hydrogen-bond acceptors (Lipinski definition) is 6. The Bertz CT molecular complexity index is 1290. The standard InChI is InChI=1S/C21H23ClN8O/c1-3-28-12-23-17-19(28)25-21(30(20(17)31)16-8-6-15(22)7-9-16)29-10-4-5-14(11-29)18-26-24-13-27(18)2/h6-9,12-14H,3-5,10-11H2,1-2H3.